The molecule has 0 saturated carbocycles. The molecule has 7 heteroatoms. The minimum atomic E-state index is -0.775. The van der Waals surface area contributed by atoms with Crippen molar-refractivity contribution in [3.8, 4) is 0 Å². The van der Waals surface area contributed by atoms with Crippen molar-refractivity contribution in [2.75, 3.05) is 19.8 Å². The summed E-state index contributed by atoms with van der Waals surface area (Å²) >= 11 is 6.31. The number of hydrogen-bond donors (Lipinski definition) is 2. The molecule has 1 fully saturated rings. The van der Waals surface area contributed by atoms with E-state index in [9.17, 15) is 5.11 Å². The minimum Gasteiger partial charge on any atom is -0.495 e. The molecule has 0 radical (unpaired) electrons. The Bertz CT molecular complexity index is 467. The number of hydrogen-bond acceptors (Lipinski definition) is 5. The molecule has 3 aliphatic rings. The first-order chi connectivity index (χ1) is 9.08. The zero-order valence-corrected chi connectivity index (χ0v) is 11.6. The third-order valence-corrected chi connectivity index (χ3v) is 4.18. The summed E-state index contributed by atoms with van der Waals surface area (Å²) < 4.78 is 17.5. The number of aliphatic hydroxyl groups excluding tert-OH is 1. The van der Waals surface area contributed by atoms with Gasteiger partial charge >= 0.3 is 7.12 Å². The lowest BCUT2D eigenvalue weighted by Gasteiger charge is -2.28. The highest BCUT2D eigenvalue weighted by atomic mass is 35.5. The van der Waals surface area contributed by atoms with Crippen molar-refractivity contribution in [1.82, 2.24) is 0 Å². The molecule has 1 aliphatic carbocycles. The zero-order valence-electron chi connectivity index (χ0n) is 10.8. The molecule has 0 bridgehead atoms. The first kappa shape index (κ1) is 13.5. The van der Waals surface area contributed by atoms with Gasteiger partial charge in [-0.2, -0.15) is 0 Å². The van der Waals surface area contributed by atoms with Gasteiger partial charge in [0.2, 0.25) is 0 Å². The van der Waals surface area contributed by atoms with Crippen molar-refractivity contribution in [2.45, 2.75) is 31.5 Å². The van der Waals surface area contributed by atoms with Gasteiger partial charge in [0.25, 0.3) is 0 Å². The van der Waals surface area contributed by atoms with Crippen LogP contribution in [-0.4, -0.2) is 43.7 Å². The van der Waals surface area contributed by atoms with E-state index in [0.717, 1.165) is 34.7 Å². The summed E-state index contributed by atoms with van der Waals surface area (Å²) in [5.41, 5.74) is 6.76. The molecule has 0 amide bonds. The summed E-state index contributed by atoms with van der Waals surface area (Å²) in [6, 6.07) is 0. The fourth-order valence-electron chi connectivity index (χ4n) is 2.71. The molecule has 0 aromatic rings. The number of halogens is 1. The van der Waals surface area contributed by atoms with Crippen LogP contribution in [0.15, 0.2) is 21.8 Å². The Morgan fingerprint density at radius 3 is 3.00 bits per heavy atom. The van der Waals surface area contributed by atoms with E-state index in [1.54, 1.807) is 6.92 Å². The van der Waals surface area contributed by atoms with Crippen molar-refractivity contribution in [3.63, 3.8) is 0 Å². The Morgan fingerprint density at radius 1 is 1.53 bits per heavy atom. The van der Waals surface area contributed by atoms with Crippen LogP contribution >= 0.6 is 11.6 Å². The van der Waals surface area contributed by atoms with Gasteiger partial charge in [-0.25, -0.2) is 0 Å². The normalized spacial score (nSPS) is 34.3. The molecule has 5 nitrogen and oxygen atoms in total. The Morgan fingerprint density at radius 2 is 2.32 bits per heavy atom. The average molecular weight is 286 g/mol. The molecule has 2 heterocycles. The Labute approximate surface area is 117 Å². The van der Waals surface area contributed by atoms with E-state index in [-0.39, 0.29) is 12.7 Å². The Kier molecular flexibility index (Phi) is 3.39. The van der Waals surface area contributed by atoms with Crippen LogP contribution in [0.2, 0.25) is 0 Å². The highest BCUT2D eigenvalue weighted by Gasteiger charge is 2.50. The van der Waals surface area contributed by atoms with Gasteiger partial charge in [0, 0.05) is 23.5 Å². The lowest BCUT2D eigenvalue weighted by Crippen LogP contribution is -2.42. The Balaban J connectivity index is 2.02. The van der Waals surface area contributed by atoms with Crippen LogP contribution in [0.5, 0.6) is 0 Å². The van der Waals surface area contributed by atoms with Gasteiger partial charge in [0.05, 0.1) is 18.5 Å². The summed E-state index contributed by atoms with van der Waals surface area (Å²) in [7, 11) is -0.549. The quantitative estimate of drug-likeness (QED) is 0.731. The summed E-state index contributed by atoms with van der Waals surface area (Å²) in [4.78, 5) is 0. The van der Waals surface area contributed by atoms with Crippen LogP contribution < -0.4 is 5.73 Å². The standard InChI is InChI=1S/C12H17BClNO4/c1-12(5-16)6-17-8-3-2-7(14)10-9(4-15)18-13(19-12)11(8)10/h9,16H,2-6,15H2,1H3/t9-,12-/m1/s1. The first-order valence-corrected chi connectivity index (χ1v) is 6.85. The highest BCUT2D eigenvalue weighted by Crippen LogP contribution is 2.44. The number of rotatable bonds is 2. The van der Waals surface area contributed by atoms with Gasteiger partial charge in [-0.15, -0.1) is 0 Å². The van der Waals surface area contributed by atoms with Crippen molar-refractivity contribution in [1.29, 1.82) is 0 Å². The topological polar surface area (TPSA) is 73.9 Å². The van der Waals surface area contributed by atoms with Crippen molar-refractivity contribution in [2.24, 2.45) is 5.73 Å². The smallest absolute Gasteiger partial charge is 0.495 e. The predicted octanol–water partition coefficient (Wildman–Crippen LogP) is 0.710. The monoisotopic (exact) mass is 285 g/mol. The molecule has 1 saturated heterocycles. The van der Waals surface area contributed by atoms with Crippen LogP contribution in [0.4, 0.5) is 0 Å². The van der Waals surface area contributed by atoms with Gasteiger partial charge in [0.15, 0.2) is 0 Å². The molecule has 0 unspecified atom stereocenters. The maximum Gasteiger partial charge on any atom is 0.498 e. The maximum absolute atomic E-state index is 9.47. The second kappa shape index (κ2) is 4.79. The molecule has 104 valence electrons. The SMILES string of the molecule is C[C@@]1(CO)COC2=C3B(O[C@H](CN)C3=C(Cl)CC2)O1. The molecule has 0 spiro atoms. The maximum atomic E-state index is 9.47. The Hall–Kier alpha value is -0.525. The fraction of sp³-hybridized carbons (Fsp3) is 0.667. The first-order valence-electron chi connectivity index (χ1n) is 6.47. The van der Waals surface area contributed by atoms with E-state index < -0.39 is 12.7 Å². The number of nitrogens with two attached hydrogens (primary N) is 1. The predicted molar refractivity (Wildman–Crippen MR) is 71.3 cm³/mol. The second-order valence-corrected chi connectivity index (χ2v) is 5.82. The largest absolute Gasteiger partial charge is 0.498 e. The minimum absolute atomic E-state index is 0.131. The summed E-state index contributed by atoms with van der Waals surface area (Å²) in [5, 5.41) is 10.2. The third kappa shape index (κ3) is 2.12. The molecule has 19 heavy (non-hydrogen) atoms. The molecule has 3 rings (SSSR count). The van der Waals surface area contributed by atoms with E-state index in [1.807, 2.05) is 0 Å². The second-order valence-electron chi connectivity index (χ2n) is 5.36. The van der Waals surface area contributed by atoms with E-state index in [0.29, 0.717) is 13.2 Å². The molecule has 2 aliphatic heterocycles. The molecule has 2 atom stereocenters. The van der Waals surface area contributed by atoms with Crippen LogP contribution in [0.25, 0.3) is 0 Å². The van der Waals surface area contributed by atoms with Crippen LogP contribution in [0, 0.1) is 0 Å². The van der Waals surface area contributed by atoms with E-state index >= 15 is 0 Å². The van der Waals surface area contributed by atoms with E-state index in [2.05, 4.69) is 0 Å². The summed E-state index contributed by atoms with van der Waals surface area (Å²) in [5.74, 6) is 0.859. The number of allylic oxidation sites excluding steroid dienone is 2. The van der Waals surface area contributed by atoms with Gasteiger partial charge < -0.3 is 24.9 Å². The van der Waals surface area contributed by atoms with Gasteiger partial charge in [0.1, 0.15) is 12.2 Å². The van der Waals surface area contributed by atoms with Crippen LogP contribution in [-0.2, 0) is 14.0 Å². The number of ether oxygens (including phenoxy) is 1. The summed E-state index contributed by atoms with van der Waals surface area (Å²) in [6.07, 6.45) is 1.21. The van der Waals surface area contributed by atoms with Crippen molar-refractivity contribution in [3.05, 3.63) is 21.8 Å². The van der Waals surface area contributed by atoms with E-state index in [1.165, 1.54) is 0 Å². The van der Waals surface area contributed by atoms with Gasteiger partial charge in [-0.05, 0) is 18.9 Å². The fourth-order valence-corrected chi connectivity index (χ4v) is 3.02. The average Bonchev–Trinajstić information content (AvgIpc) is 2.70. The zero-order chi connectivity index (χ0) is 13.6. The van der Waals surface area contributed by atoms with Crippen LogP contribution in [0.3, 0.4) is 0 Å². The molecule has 3 N–H and O–H groups in total. The lowest BCUT2D eigenvalue weighted by atomic mass is 9.72. The van der Waals surface area contributed by atoms with Gasteiger partial charge in [-0.3, -0.25) is 0 Å². The van der Waals surface area contributed by atoms with Crippen molar-refractivity contribution >= 4 is 18.7 Å². The molecule has 0 aromatic carbocycles. The lowest BCUT2D eigenvalue weighted by molar-refractivity contribution is -0.0410. The molecule has 0 aromatic heterocycles. The van der Waals surface area contributed by atoms with Crippen molar-refractivity contribution < 1.29 is 19.2 Å². The van der Waals surface area contributed by atoms with E-state index in [4.69, 9.17) is 31.4 Å². The molecular weight excluding hydrogens is 268 g/mol. The van der Waals surface area contributed by atoms with Crippen LogP contribution in [0.1, 0.15) is 19.8 Å². The van der Waals surface area contributed by atoms with Gasteiger partial charge in [-0.1, -0.05) is 11.6 Å². The third-order valence-electron chi connectivity index (χ3n) is 3.79. The summed E-state index contributed by atoms with van der Waals surface area (Å²) in [6.45, 7) is 2.32. The number of aliphatic hydroxyl groups is 1. The molecular formula is C12H17BClNO4. The highest BCUT2D eigenvalue weighted by molar-refractivity contribution is 6.57.